The molecule has 3 aliphatic rings. The highest BCUT2D eigenvalue weighted by Gasteiger charge is 2.58. The quantitative estimate of drug-likeness (QED) is 0.654. The molecule has 0 spiro atoms. The van der Waals surface area contributed by atoms with E-state index in [0.29, 0.717) is 30.6 Å². The standard InChI is InChI=1S/C22H34O3/c1-14-13-17(23)7-10-20(14,4)18-8-11-21(5,16(3)15(18)2)22(6)12-9-19(24)25-22/h13,15-16,18H,7-12H2,1-6H3/t15?,16?,18?,20?,21?,22-/m1/s1. The highest BCUT2D eigenvalue weighted by atomic mass is 16.6. The fraction of sp³-hybridized carbons (Fsp3) is 0.818. The van der Waals surface area contributed by atoms with Gasteiger partial charge in [-0.3, -0.25) is 9.59 Å². The molecule has 1 aliphatic heterocycles. The van der Waals surface area contributed by atoms with Crippen molar-refractivity contribution in [2.24, 2.45) is 28.6 Å². The molecule has 1 heterocycles. The molecular formula is C22H34O3. The normalized spacial score (nSPS) is 48.2. The van der Waals surface area contributed by atoms with Crippen LogP contribution in [0.15, 0.2) is 11.6 Å². The second-order valence-corrected chi connectivity index (χ2v) is 9.63. The first-order chi connectivity index (χ1) is 11.5. The van der Waals surface area contributed by atoms with E-state index >= 15 is 0 Å². The smallest absolute Gasteiger partial charge is 0.306 e. The van der Waals surface area contributed by atoms with Crippen molar-refractivity contribution < 1.29 is 14.3 Å². The Morgan fingerprint density at radius 1 is 1.04 bits per heavy atom. The lowest BCUT2D eigenvalue weighted by molar-refractivity contribution is -0.174. The van der Waals surface area contributed by atoms with Gasteiger partial charge in [-0.1, -0.05) is 33.3 Å². The predicted octanol–water partition coefficient (Wildman–Crippen LogP) is 5.09. The second kappa shape index (κ2) is 5.96. The first-order valence-corrected chi connectivity index (χ1v) is 9.97. The van der Waals surface area contributed by atoms with Gasteiger partial charge in [0.1, 0.15) is 5.60 Å². The summed E-state index contributed by atoms with van der Waals surface area (Å²) < 4.78 is 5.86. The Hall–Kier alpha value is -1.12. The zero-order chi connectivity index (χ0) is 18.6. The van der Waals surface area contributed by atoms with Crippen LogP contribution in [0.3, 0.4) is 0 Å². The Bertz CT molecular complexity index is 621. The van der Waals surface area contributed by atoms with Gasteiger partial charge in [0, 0.05) is 18.3 Å². The van der Waals surface area contributed by atoms with Crippen LogP contribution in [0, 0.1) is 28.6 Å². The molecule has 0 N–H and O–H groups in total. The number of hydrogen-bond acceptors (Lipinski definition) is 3. The van der Waals surface area contributed by atoms with Crippen LogP contribution in [-0.4, -0.2) is 17.4 Å². The average Bonchev–Trinajstić information content (AvgIpc) is 2.90. The summed E-state index contributed by atoms with van der Waals surface area (Å²) in [6.07, 6.45) is 7.16. The van der Waals surface area contributed by atoms with Gasteiger partial charge in [-0.05, 0) is 68.8 Å². The molecule has 1 saturated heterocycles. The maximum Gasteiger partial charge on any atom is 0.306 e. The Labute approximate surface area is 152 Å². The number of cyclic esters (lactones) is 1. The number of ketones is 1. The summed E-state index contributed by atoms with van der Waals surface area (Å²) >= 11 is 0. The number of rotatable bonds is 2. The highest BCUT2D eigenvalue weighted by molar-refractivity contribution is 5.91. The molecule has 3 nitrogen and oxygen atoms in total. The van der Waals surface area contributed by atoms with E-state index in [1.165, 1.54) is 5.57 Å². The lowest BCUT2D eigenvalue weighted by atomic mass is 9.48. The third-order valence-corrected chi connectivity index (χ3v) is 8.74. The van der Waals surface area contributed by atoms with Gasteiger partial charge in [-0.25, -0.2) is 0 Å². The molecule has 140 valence electrons. The van der Waals surface area contributed by atoms with Crippen LogP contribution in [0.4, 0.5) is 0 Å². The van der Waals surface area contributed by atoms with Crippen LogP contribution in [0.5, 0.6) is 0 Å². The molecule has 2 fully saturated rings. The van der Waals surface area contributed by atoms with Gasteiger partial charge in [0.05, 0.1) is 0 Å². The molecular weight excluding hydrogens is 312 g/mol. The lowest BCUT2D eigenvalue weighted by Crippen LogP contribution is -2.55. The zero-order valence-corrected chi connectivity index (χ0v) is 16.8. The summed E-state index contributed by atoms with van der Waals surface area (Å²) in [5, 5.41) is 0. The van der Waals surface area contributed by atoms with E-state index in [-0.39, 0.29) is 28.2 Å². The minimum absolute atomic E-state index is 0.0214. The molecule has 1 saturated carbocycles. The number of carbonyl (C=O) groups is 2. The molecule has 0 aromatic heterocycles. The van der Waals surface area contributed by atoms with Gasteiger partial charge in [-0.15, -0.1) is 0 Å². The van der Waals surface area contributed by atoms with Crippen molar-refractivity contribution in [3.05, 3.63) is 11.6 Å². The number of carbonyl (C=O) groups excluding carboxylic acids is 2. The van der Waals surface area contributed by atoms with Gasteiger partial charge in [0.15, 0.2) is 5.78 Å². The van der Waals surface area contributed by atoms with Crippen LogP contribution < -0.4 is 0 Å². The minimum Gasteiger partial charge on any atom is -0.459 e. The van der Waals surface area contributed by atoms with Crippen LogP contribution in [0.25, 0.3) is 0 Å². The van der Waals surface area contributed by atoms with Gasteiger partial charge < -0.3 is 4.74 Å². The van der Waals surface area contributed by atoms with E-state index < -0.39 is 0 Å². The predicted molar refractivity (Wildman–Crippen MR) is 99.0 cm³/mol. The minimum atomic E-state index is -0.336. The Morgan fingerprint density at radius 2 is 1.72 bits per heavy atom. The summed E-state index contributed by atoms with van der Waals surface area (Å²) in [6.45, 7) is 13.7. The monoisotopic (exact) mass is 346 g/mol. The summed E-state index contributed by atoms with van der Waals surface area (Å²) in [5.74, 6) is 1.84. The van der Waals surface area contributed by atoms with Crippen molar-refractivity contribution in [1.82, 2.24) is 0 Å². The average molecular weight is 347 g/mol. The van der Waals surface area contributed by atoms with Crippen molar-refractivity contribution in [3.8, 4) is 0 Å². The largest absolute Gasteiger partial charge is 0.459 e. The Kier molecular flexibility index (Phi) is 4.45. The molecule has 3 rings (SSSR count). The summed E-state index contributed by atoms with van der Waals surface area (Å²) in [6, 6.07) is 0. The topological polar surface area (TPSA) is 43.4 Å². The van der Waals surface area contributed by atoms with Crippen molar-refractivity contribution >= 4 is 11.8 Å². The summed E-state index contributed by atoms with van der Waals surface area (Å²) in [7, 11) is 0. The van der Waals surface area contributed by atoms with E-state index in [1.54, 1.807) is 0 Å². The van der Waals surface area contributed by atoms with E-state index in [9.17, 15) is 9.59 Å². The molecule has 0 aromatic rings. The maximum atomic E-state index is 11.8. The number of esters is 1. The fourth-order valence-corrected chi connectivity index (χ4v) is 6.15. The molecule has 0 radical (unpaired) electrons. The number of ether oxygens (including phenoxy) is 1. The SMILES string of the molecule is CC1=CC(=O)CCC1(C)C1CCC(C)([C@@]2(C)CCC(=O)O2)C(C)C1C. The summed E-state index contributed by atoms with van der Waals surface area (Å²) in [4.78, 5) is 23.6. The maximum absolute atomic E-state index is 11.8. The highest BCUT2D eigenvalue weighted by Crippen LogP contribution is 2.61. The fourth-order valence-electron chi connectivity index (χ4n) is 6.15. The van der Waals surface area contributed by atoms with Crippen molar-refractivity contribution in [3.63, 3.8) is 0 Å². The van der Waals surface area contributed by atoms with Crippen LogP contribution in [-0.2, 0) is 14.3 Å². The lowest BCUT2D eigenvalue weighted by Gasteiger charge is -2.57. The van der Waals surface area contributed by atoms with Crippen molar-refractivity contribution in [1.29, 1.82) is 0 Å². The van der Waals surface area contributed by atoms with Crippen LogP contribution in [0.1, 0.15) is 80.1 Å². The number of allylic oxidation sites excluding steroid dienone is 2. The third-order valence-electron chi connectivity index (χ3n) is 8.74. The van der Waals surface area contributed by atoms with Gasteiger partial charge in [0.25, 0.3) is 0 Å². The van der Waals surface area contributed by atoms with Gasteiger partial charge in [-0.2, -0.15) is 0 Å². The van der Waals surface area contributed by atoms with Crippen LogP contribution >= 0.6 is 0 Å². The molecule has 25 heavy (non-hydrogen) atoms. The van der Waals surface area contributed by atoms with E-state index in [0.717, 1.165) is 25.7 Å². The van der Waals surface area contributed by atoms with Gasteiger partial charge >= 0.3 is 5.97 Å². The first kappa shape index (κ1) is 18.7. The first-order valence-electron chi connectivity index (χ1n) is 9.97. The van der Waals surface area contributed by atoms with Crippen molar-refractivity contribution in [2.45, 2.75) is 85.7 Å². The van der Waals surface area contributed by atoms with Crippen molar-refractivity contribution in [2.75, 3.05) is 0 Å². The molecule has 0 aromatic carbocycles. The van der Waals surface area contributed by atoms with E-state index in [2.05, 4.69) is 41.5 Å². The molecule has 5 unspecified atom stereocenters. The number of hydrogen-bond donors (Lipinski definition) is 0. The summed E-state index contributed by atoms with van der Waals surface area (Å²) in [5.41, 5.74) is 1.07. The van der Waals surface area contributed by atoms with E-state index in [1.807, 2.05) is 6.08 Å². The van der Waals surface area contributed by atoms with Gasteiger partial charge in [0.2, 0.25) is 0 Å². The van der Waals surface area contributed by atoms with E-state index in [4.69, 9.17) is 4.74 Å². The Morgan fingerprint density at radius 3 is 2.28 bits per heavy atom. The Balaban J connectivity index is 1.87. The molecule has 2 aliphatic carbocycles. The zero-order valence-electron chi connectivity index (χ0n) is 16.8. The molecule has 0 bridgehead atoms. The molecule has 0 amide bonds. The second-order valence-electron chi connectivity index (χ2n) is 9.63. The van der Waals surface area contributed by atoms with Crippen LogP contribution in [0.2, 0.25) is 0 Å². The third kappa shape index (κ3) is 2.69. The molecule has 6 atom stereocenters. The molecule has 3 heteroatoms.